The second-order valence-corrected chi connectivity index (χ2v) is 13.2. The summed E-state index contributed by atoms with van der Waals surface area (Å²) in [6.45, 7) is 0. The molecule has 11 rings (SSSR count). The molecule has 52 heavy (non-hydrogen) atoms. The zero-order valence-electron chi connectivity index (χ0n) is 28.0. The van der Waals surface area contributed by atoms with Gasteiger partial charge in [-0.15, -0.1) is 0 Å². The third-order valence-corrected chi connectivity index (χ3v) is 10.3. The number of imidazole rings is 1. The van der Waals surface area contributed by atoms with E-state index in [1.807, 2.05) is 6.07 Å². The number of hydrogen-bond acceptors (Lipinski definition) is 3. The van der Waals surface area contributed by atoms with Gasteiger partial charge in [0.2, 0.25) is 5.95 Å². The van der Waals surface area contributed by atoms with Gasteiger partial charge in [0.25, 0.3) is 0 Å². The topological polar surface area (TPSA) is 48.0 Å². The van der Waals surface area contributed by atoms with E-state index in [9.17, 15) is 0 Å². The fourth-order valence-corrected chi connectivity index (χ4v) is 8.08. The van der Waals surface area contributed by atoms with Crippen LogP contribution in [0.4, 0.5) is 0 Å². The van der Waals surface area contributed by atoms with Crippen LogP contribution >= 0.6 is 0 Å². The summed E-state index contributed by atoms with van der Waals surface area (Å²) in [6, 6.07) is 61.7. The van der Waals surface area contributed by atoms with Crippen molar-refractivity contribution in [3.05, 3.63) is 176 Å². The third-order valence-electron chi connectivity index (χ3n) is 10.3. The summed E-state index contributed by atoms with van der Waals surface area (Å²) in [4.78, 5) is 16.1. The van der Waals surface area contributed by atoms with Crippen LogP contribution < -0.4 is 0 Å². The molecular weight excluding hydrogens is 635 g/mol. The van der Waals surface area contributed by atoms with E-state index >= 15 is 0 Å². The number of pyridine rings is 1. The number of benzene rings is 7. The van der Waals surface area contributed by atoms with Gasteiger partial charge in [-0.05, 0) is 18.2 Å². The molecule has 7 aromatic carbocycles. The van der Waals surface area contributed by atoms with Crippen molar-refractivity contribution in [3.63, 3.8) is 0 Å². The zero-order valence-corrected chi connectivity index (χ0v) is 28.0. The summed E-state index contributed by atoms with van der Waals surface area (Å²) >= 11 is 0. The van der Waals surface area contributed by atoms with Crippen molar-refractivity contribution in [2.24, 2.45) is 0 Å². The van der Waals surface area contributed by atoms with Crippen molar-refractivity contribution in [2.75, 3.05) is 0 Å². The van der Waals surface area contributed by atoms with Gasteiger partial charge in [-0.2, -0.15) is 0 Å². The van der Waals surface area contributed by atoms with Gasteiger partial charge < -0.3 is 0 Å². The Morgan fingerprint density at radius 2 is 0.904 bits per heavy atom. The Bertz CT molecular complexity index is 3160. The van der Waals surface area contributed by atoms with Gasteiger partial charge in [-0.1, -0.05) is 158 Å². The number of nitrogens with zero attached hydrogens (tertiary/aromatic N) is 5. The van der Waals surface area contributed by atoms with Gasteiger partial charge in [-0.3, -0.25) is 8.97 Å². The number of fused-ring (bicyclic) bond motifs is 11. The van der Waals surface area contributed by atoms with Crippen LogP contribution in [0.5, 0.6) is 0 Å². The molecule has 0 amide bonds. The smallest absolute Gasteiger partial charge is 0.235 e. The lowest BCUT2D eigenvalue weighted by Gasteiger charge is -2.15. The minimum atomic E-state index is 0.641. The summed E-state index contributed by atoms with van der Waals surface area (Å²) in [5.41, 5.74) is 10.3. The maximum Gasteiger partial charge on any atom is 0.235 e. The molecule has 5 nitrogen and oxygen atoms in total. The summed E-state index contributed by atoms with van der Waals surface area (Å²) in [5.74, 6) is 1.56. The average Bonchev–Trinajstić information content (AvgIpc) is 3.79. The van der Waals surface area contributed by atoms with Crippen molar-refractivity contribution in [2.45, 2.75) is 0 Å². The average molecular weight is 664 g/mol. The highest BCUT2D eigenvalue weighted by Gasteiger charge is 2.25. The molecule has 4 aromatic heterocycles. The predicted octanol–water partition coefficient (Wildman–Crippen LogP) is 11.7. The number of para-hydroxylation sites is 3. The van der Waals surface area contributed by atoms with Crippen LogP contribution in [0, 0.1) is 0 Å². The molecule has 0 fully saturated rings. The Morgan fingerprint density at radius 1 is 0.346 bits per heavy atom. The quantitative estimate of drug-likeness (QED) is 0.176. The van der Waals surface area contributed by atoms with E-state index in [0.29, 0.717) is 5.95 Å². The van der Waals surface area contributed by atoms with Gasteiger partial charge in [0.15, 0.2) is 0 Å². The normalized spacial score (nSPS) is 11.8. The van der Waals surface area contributed by atoms with E-state index in [-0.39, 0.29) is 0 Å². The van der Waals surface area contributed by atoms with E-state index in [1.54, 1.807) is 0 Å². The molecule has 0 bridgehead atoms. The van der Waals surface area contributed by atoms with Crippen LogP contribution in [0.1, 0.15) is 0 Å². The Labute approximate surface area is 298 Å². The van der Waals surface area contributed by atoms with Gasteiger partial charge in [0, 0.05) is 49.0 Å². The maximum absolute atomic E-state index is 5.44. The number of hydrogen-bond donors (Lipinski definition) is 0. The highest BCUT2D eigenvalue weighted by atomic mass is 15.2. The monoisotopic (exact) mass is 663 g/mol. The fourth-order valence-electron chi connectivity index (χ4n) is 8.08. The lowest BCUT2D eigenvalue weighted by molar-refractivity contribution is 1.02. The maximum atomic E-state index is 5.44. The Balaban J connectivity index is 1.36. The third kappa shape index (κ3) is 4.14. The molecule has 4 heterocycles. The number of rotatable bonds is 4. The summed E-state index contributed by atoms with van der Waals surface area (Å²) in [5, 5.41) is 6.73. The molecule has 0 atom stereocenters. The summed E-state index contributed by atoms with van der Waals surface area (Å²) in [7, 11) is 0. The van der Waals surface area contributed by atoms with Crippen molar-refractivity contribution >= 4 is 59.9 Å². The van der Waals surface area contributed by atoms with Crippen molar-refractivity contribution < 1.29 is 0 Å². The summed E-state index contributed by atoms with van der Waals surface area (Å²) < 4.78 is 4.64. The first kappa shape index (κ1) is 28.7. The second-order valence-electron chi connectivity index (χ2n) is 13.2. The molecule has 5 heteroatoms. The van der Waals surface area contributed by atoms with E-state index in [2.05, 4.69) is 179 Å². The van der Waals surface area contributed by atoms with Gasteiger partial charge >= 0.3 is 0 Å². The first-order valence-corrected chi connectivity index (χ1v) is 17.6. The van der Waals surface area contributed by atoms with Gasteiger partial charge in [0.1, 0.15) is 5.82 Å². The molecule has 0 aliphatic rings. The molecule has 242 valence electrons. The molecule has 0 saturated heterocycles. The number of aromatic nitrogens is 5. The van der Waals surface area contributed by atoms with E-state index in [0.717, 1.165) is 93.8 Å². The highest BCUT2D eigenvalue weighted by molar-refractivity contribution is 6.28. The fraction of sp³-hybridized carbons (Fsp3) is 0. The Hall–Kier alpha value is -7.11. The van der Waals surface area contributed by atoms with Crippen molar-refractivity contribution in [1.29, 1.82) is 0 Å². The molecule has 0 saturated carbocycles. The Kier molecular flexibility index (Phi) is 6.18. The minimum absolute atomic E-state index is 0.641. The van der Waals surface area contributed by atoms with Crippen LogP contribution in [0.2, 0.25) is 0 Å². The second kappa shape index (κ2) is 11.2. The van der Waals surface area contributed by atoms with Crippen molar-refractivity contribution in [3.8, 4) is 39.9 Å². The predicted molar refractivity (Wildman–Crippen MR) is 214 cm³/mol. The lowest BCUT2D eigenvalue weighted by Crippen LogP contribution is -2.04. The Morgan fingerprint density at radius 3 is 1.63 bits per heavy atom. The van der Waals surface area contributed by atoms with Crippen molar-refractivity contribution in [1.82, 2.24) is 23.9 Å². The highest BCUT2D eigenvalue weighted by Crippen LogP contribution is 2.44. The molecule has 0 N–H and O–H groups in total. The van der Waals surface area contributed by atoms with Crippen LogP contribution in [0.25, 0.3) is 99.8 Å². The molecule has 0 aliphatic heterocycles. The van der Waals surface area contributed by atoms with E-state index < -0.39 is 0 Å². The first-order chi connectivity index (χ1) is 25.8. The molecule has 11 aromatic rings. The van der Waals surface area contributed by atoms with Gasteiger partial charge in [-0.25, -0.2) is 15.0 Å². The zero-order chi connectivity index (χ0) is 34.2. The molecule has 0 aliphatic carbocycles. The molecule has 0 radical (unpaired) electrons. The minimum Gasteiger partial charge on any atom is -0.291 e. The largest absolute Gasteiger partial charge is 0.291 e. The molecular formula is C47H29N5. The first-order valence-electron chi connectivity index (χ1n) is 17.6. The van der Waals surface area contributed by atoms with Gasteiger partial charge in [0.05, 0.1) is 39.0 Å². The molecule has 0 unspecified atom stereocenters. The standard InChI is InChI=1S/C47H29N5/c1-4-16-30(17-5-1)42-35-23-10-13-25-38(35)48-47(50-42)52-39-26-14-11-22-33(39)34-28-29-37-41(44(34)52)36-24-12-15-27-40(36)51-45(37)43(31-18-6-2-7-19-31)49-46(51)32-20-8-3-9-21-32/h1-29H. The van der Waals surface area contributed by atoms with E-state index in [1.165, 1.54) is 0 Å². The summed E-state index contributed by atoms with van der Waals surface area (Å²) in [6.07, 6.45) is 0. The van der Waals surface area contributed by atoms with Crippen LogP contribution in [-0.2, 0) is 0 Å². The van der Waals surface area contributed by atoms with E-state index in [4.69, 9.17) is 15.0 Å². The molecule has 0 spiro atoms. The van der Waals surface area contributed by atoms with Crippen LogP contribution in [0.15, 0.2) is 176 Å². The lowest BCUT2D eigenvalue weighted by atomic mass is 9.99. The van der Waals surface area contributed by atoms with Crippen LogP contribution in [-0.4, -0.2) is 23.9 Å². The van der Waals surface area contributed by atoms with Crippen LogP contribution in [0.3, 0.4) is 0 Å². The SMILES string of the molecule is c1ccc(-c2nc(-n3c4ccccc4c4ccc5c(c6ccccc6n6c(-c7ccccc7)nc(-c7ccccc7)c56)c43)nc3ccccc23)cc1.